The summed E-state index contributed by atoms with van der Waals surface area (Å²) in [7, 11) is 0. The van der Waals surface area contributed by atoms with Gasteiger partial charge in [0.05, 0.1) is 16.3 Å². The van der Waals surface area contributed by atoms with E-state index < -0.39 is 12.3 Å². The molecule has 1 spiro atoms. The molecule has 2 saturated carbocycles. The summed E-state index contributed by atoms with van der Waals surface area (Å²) >= 11 is 0. The smallest absolute Gasteiger partial charge is 0.354 e. The van der Waals surface area contributed by atoms with E-state index in [1.54, 1.807) is 0 Å². The number of rotatable bonds is 3. The lowest BCUT2D eigenvalue weighted by Crippen LogP contribution is -2.60. The molecule has 2 fully saturated rings. The van der Waals surface area contributed by atoms with Crippen LogP contribution in [0.25, 0.3) is 49.7 Å². The molecule has 0 saturated heterocycles. The molecule has 4 bridgehead atoms. The van der Waals surface area contributed by atoms with E-state index in [-0.39, 0.29) is 5.56 Å². The van der Waals surface area contributed by atoms with E-state index >= 15 is 4.79 Å². The highest BCUT2D eigenvalue weighted by Crippen LogP contribution is 2.59. The van der Waals surface area contributed by atoms with Crippen molar-refractivity contribution in [2.45, 2.75) is 88.9 Å². The standard InChI is InChI=1S/C59H49BN2O3/c1-31(2)38-13-11-14-39(32(3)4)54(38)35-20-21-45-49(27-35)60-55-48(59(45)46-15-6-9-18-52(46)64-53-19-10-7-16-47(53)59)29-43-40-12-5-8-17-51(40)65-57(43)56(55)61-50-30-42-37-25-33-22-34(26-37)24-36(23-33)41(42)28-44(50)58(63)62(60)61/h5-21,27-34,36-37H,22-26H2,1-4H3. The molecule has 0 radical (unpaired) electrons. The molecule has 2 atom stereocenters. The van der Waals surface area contributed by atoms with Crippen molar-refractivity contribution in [3.8, 4) is 28.3 Å². The molecule has 7 aliphatic rings. The Hall–Kier alpha value is -6.53. The fourth-order valence-electron chi connectivity index (χ4n) is 14.8. The molecule has 9 aromatic rings. The molecule has 6 heteroatoms. The Morgan fingerprint density at radius 3 is 1.95 bits per heavy atom. The first-order valence-corrected chi connectivity index (χ1v) is 24.2. The highest BCUT2D eigenvalue weighted by atomic mass is 16.5. The Balaban J connectivity index is 1.14. The minimum absolute atomic E-state index is 0.0775. The first-order valence-electron chi connectivity index (χ1n) is 24.2. The lowest BCUT2D eigenvalue weighted by molar-refractivity contribution is 0.166. The second-order valence-electron chi connectivity index (χ2n) is 21.1. The van der Waals surface area contributed by atoms with E-state index in [9.17, 15) is 0 Å². The molecular weight excluding hydrogens is 795 g/mol. The lowest BCUT2D eigenvalue weighted by atomic mass is 9.40. The van der Waals surface area contributed by atoms with Crippen molar-refractivity contribution in [3.05, 3.63) is 182 Å². The van der Waals surface area contributed by atoms with Crippen molar-refractivity contribution >= 4 is 50.6 Å². The van der Waals surface area contributed by atoms with Gasteiger partial charge in [-0.05, 0) is 159 Å². The third kappa shape index (κ3) is 4.54. The molecule has 65 heavy (non-hydrogen) atoms. The van der Waals surface area contributed by atoms with Crippen LogP contribution in [-0.2, 0) is 5.41 Å². The van der Waals surface area contributed by atoms with Gasteiger partial charge in [0.25, 0.3) is 5.56 Å². The zero-order chi connectivity index (χ0) is 43.2. The van der Waals surface area contributed by atoms with Crippen molar-refractivity contribution in [1.82, 2.24) is 9.27 Å². The average Bonchev–Trinajstić information content (AvgIpc) is 3.92. The molecule has 4 aliphatic carbocycles. The van der Waals surface area contributed by atoms with Gasteiger partial charge in [-0.1, -0.05) is 119 Å². The van der Waals surface area contributed by atoms with E-state index in [4.69, 9.17) is 9.15 Å². The van der Waals surface area contributed by atoms with Crippen LogP contribution in [0, 0.1) is 11.8 Å². The van der Waals surface area contributed by atoms with Gasteiger partial charge >= 0.3 is 6.85 Å². The minimum atomic E-state index is -0.774. The number of ether oxygens (including phenoxy) is 1. The maximum absolute atomic E-state index is 15.9. The van der Waals surface area contributed by atoms with Gasteiger partial charge in [0, 0.05) is 21.9 Å². The van der Waals surface area contributed by atoms with Crippen LogP contribution in [0.15, 0.2) is 137 Å². The van der Waals surface area contributed by atoms with Crippen LogP contribution in [0.1, 0.15) is 128 Å². The summed E-state index contributed by atoms with van der Waals surface area (Å²) in [5.41, 5.74) is 18.0. The number of furan rings is 1. The first kappa shape index (κ1) is 36.8. The summed E-state index contributed by atoms with van der Waals surface area (Å²) in [6.07, 6.45) is 6.43. The lowest BCUT2D eigenvalue weighted by Gasteiger charge is -2.46. The molecule has 5 heterocycles. The topological polar surface area (TPSA) is 49.3 Å². The van der Waals surface area contributed by atoms with Crippen LogP contribution in [-0.4, -0.2) is 16.1 Å². The summed E-state index contributed by atoms with van der Waals surface area (Å²) in [6, 6.07) is 47.1. The number of hydrogen-bond acceptors (Lipinski definition) is 3. The fourth-order valence-corrected chi connectivity index (χ4v) is 14.8. The van der Waals surface area contributed by atoms with Gasteiger partial charge in [0.2, 0.25) is 0 Å². The molecule has 7 aromatic carbocycles. The second kappa shape index (κ2) is 12.6. The van der Waals surface area contributed by atoms with Crippen LogP contribution < -0.4 is 21.2 Å². The van der Waals surface area contributed by atoms with Gasteiger partial charge in [-0.2, -0.15) is 0 Å². The third-order valence-electron chi connectivity index (χ3n) is 17.1. The zero-order valence-electron chi connectivity index (χ0n) is 37.3. The molecular formula is C59H49BN2O3. The summed E-state index contributed by atoms with van der Waals surface area (Å²) in [4.78, 5) is 15.9. The van der Waals surface area contributed by atoms with Crippen molar-refractivity contribution < 1.29 is 9.15 Å². The second-order valence-corrected chi connectivity index (χ2v) is 21.1. The van der Waals surface area contributed by atoms with Crippen LogP contribution in [0.2, 0.25) is 0 Å². The summed E-state index contributed by atoms with van der Waals surface area (Å²) in [5.74, 6) is 5.01. The van der Waals surface area contributed by atoms with Crippen LogP contribution in [0.3, 0.4) is 0 Å². The average molecular weight is 845 g/mol. The Kier molecular flexibility index (Phi) is 7.15. The van der Waals surface area contributed by atoms with Crippen molar-refractivity contribution in [2.24, 2.45) is 11.8 Å². The summed E-state index contributed by atoms with van der Waals surface area (Å²) in [5, 5.41) is 2.97. The molecule has 16 rings (SSSR count). The number of nitrogens with zero attached hydrogens (tertiary/aromatic N) is 2. The van der Waals surface area contributed by atoms with Gasteiger partial charge in [0.1, 0.15) is 22.8 Å². The Morgan fingerprint density at radius 2 is 1.26 bits per heavy atom. The maximum atomic E-state index is 15.9. The molecule has 2 aromatic heterocycles. The minimum Gasteiger partial charge on any atom is -0.457 e. The Bertz CT molecular complexity index is 3570. The highest BCUT2D eigenvalue weighted by Gasteiger charge is 2.57. The molecule has 0 amide bonds. The van der Waals surface area contributed by atoms with Crippen molar-refractivity contribution in [1.29, 1.82) is 0 Å². The van der Waals surface area contributed by atoms with E-state index in [1.165, 1.54) is 76.6 Å². The monoisotopic (exact) mass is 844 g/mol. The molecule has 5 nitrogen and oxygen atoms in total. The fraction of sp³-hybridized carbons (Fsp3) is 0.271. The first-order chi connectivity index (χ1) is 31.8. The van der Waals surface area contributed by atoms with Gasteiger partial charge in [-0.25, -0.2) is 0 Å². The predicted molar refractivity (Wildman–Crippen MR) is 263 cm³/mol. The Labute approximate surface area is 378 Å². The maximum Gasteiger partial charge on any atom is 0.354 e. The van der Waals surface area contributed by atoms with E-state index in [0.717, 1.165) is 83.9 Å². The van der Waals surface area contributed by atoms with Gasteiger partial charge in [-0.3, -0.25) is 14.1 Å². The normalized spacial score (nSPS) is 21.2. The SMILES string of the molecule is CC(C)c1cccc(C(C)C)c1-c1ccc2c(c1)B1c3c(cc4c(oc5ccccc54)c3-n3c4cc5c(cc4c(=O)n31)C1CC3CC(C1)CC5C3)C21c2ccccc2Oc2ccccc21. The van der Waals surface area contributed by atoms with Gasteiger partial charge in [-0.15, -0.1) is 0 Å². The molecule has 316 valence electrons. The largest absolute Gasteiger partial charge is 0.457 e. The Morgan fingerprint density at radius 1 is 0.615 bits per heavy atom. The highest BCUT2D eigenvalue weighted by molar-refractivity contribution is 6.87. The predicted octanol–water partition coefficient (Wildman–Crippen LogP) is 12.8. The summed E-state index contributed by atoms with van der Waals surface area (Å²) in [6.45, 7) is 8.82. The van der Waals surface area contributed by atoms with E-state index in [2.05, 4.69) is 164 Å². The van der Waals surface area contributed by atoms with Gasteiger partial charge in [0.15, 0.2) is 5.58 Å². The van der Waals surface area contributed by atoms with Crippen molar-refractivity contribution in [3.63, 3.8) is 0 Å². The van der Waals surface area contributed by atoms with Crippen LogP contribution in [0.5, 0.6) is 11.5 Å². The molecule has 3 aliphatic heterocycles. The summed E-state index contributed by atoms with van der Waals surface area (Å²) < 4.78 is 18.5. The van der Waals surface area contributed by atoms with Gasteiger partial charge < -0.3 is 9.15 Å². The number of benzene rings is 7. The third-order valence-corrected chi connectivity index (χ3v) is 17.1. The van der Waals surface area contributed by atoms with Crippen molar-refractivity contribution in [2.75, 3.05) is 0 Å². The number of para-hydroxylation sites is 3. The van der Waals surface area contributed by atoms with Crippen LogP contribution >= 0.6 is 0 Å². The van der Waals surface area contributed by atoms with E-state index in [1.807, 2.05) is 0 Å². The molecule has 0 N–H and O–H groups in total. The van der Waals surface area contributed by atoms with E-state index in [0.29, 0.717) is 23.7 Å². The van der Waals surface area contributed by atoms with Crippen LogP contribution in [0.4, 0.5) is 0 Å². The number of fused-ring (bicyclic) bond motifs is 17. The molecule has 2 unspecified atom stereocenters. The number of aromatic nitrogens is 2. The number of hydrogen-bond donors (Lipinski definition) is 0. The zero-order valence-corrected chi connectivity index (χ0v) is 37.3. The quantitative estimate of drug-likeness (QED) is 0.167.